The molecule has 0 aliphatic heterocycles. The fourth-order valence-electron chi connectivity index (χ4n) is 1.60. The lowest BCUT2D eigenvalue weighted by atomic mass is 10.2. The van der Waals surface area contributed by atoms with Crippen LogP contribution in [0.15, 0.2) is 24.3 Å². The molecule has 0 saturated carbocycles. The Hall–Kier alpha value is -1.44. The van der Waals surface area contributed by atoms with Gasteiger partial charge in [0.15, 0.2) is 5.69 Å². The zero-order valence-corrected chi connectivity index (χ0v) is 11.2. The molecule has 5 nitrogen and oxygen atoms in total. The highest BCUT2D eigenvalue weighted by Crippen LogP contribution is 2.19. The highest BCUT2D eigenvalue weighted by molar-refractivity contribution is 14.1. The van der Waals surface area contributed by atoms with E-state index in [9.17, 15) is 4.79 Å². The molecule has 0 spiro atoms. The van der Waals surface area contributed by atoms with Crippen LogP contribution in [0.25, 0.3) is 5.69 Å². The van der Waals surface area contributed by atoms with E-state index in [0.717, 1.165) is 9.26 Å². The average molecular weight is 343 g/mol. The van der Waals surface area contributed by atoms with Crippen molar-refractivity contribution in [2.45, 2.75) is 13.3 Å². The van der Waals surface area contributed by atoms with E-state index in [0.29, 0.717) is 12.1 Å². The van der Waals surface area contributed by atoms with Gasteiger partial charge >= 0.3 is 5.97 Å². The highest BCUT2D eigenvalue weighted by atomic mass is 127. The van der Waals surface area contributed by atoms with Gasteiger partial charge in [0.1, 0.15) is 0 Å². The number of para-hydroxylation sites is 1. The minimum Gasteiger partial charge on any atom is -0.476 e. The summed E-state index contributed by atoms with van der Waals surface area (Å²) in [7, 11) is 0. The number of hydrogen-bond donors (Lipinski definition) is 1. The Morgan fingerprint density at radius 3 is 2.76 bits per heavy atom. The van der Waals surface area contributed by atoms with Crippen molar-refractivity contribution in [3.05, 3.63) is 39.2 Å². The van der Waals surface area contributed by atoms with Crippen molar-refractivity contribution in [2.24, 2.45) is 0 Å². The number of hydrogen-bond acceptors (Lipinski definition) is 3. The van der Waals surface area contributed by atoms with Crippen LogP contribution in [0.3, 0.4) is 0 Å². The summed E-state index contributed by atoms with van der Waals surface area (Å²) >= 11 is 2.19. The van der Waals surface area contributed by atoms with Gasteiger partial charge in [0.2, 0.25) is 0 Å². The predicted molar refractivity (Wildman–Crippen MR) is 70.4 cm³/mol. The van der Waals surface area contributed by atoms with E-state index in [-0.39, 0.29) is 5.69 Å². The van der Waals surface area contributed by atoms with Gasteiger partial charge in [0, 0.05) is 3.57 Å². The molecule has 0 amide bonds. The third kappa shape index (κ3) is 2.17. The number of benzene rings is 1. The Morgan fingerprint density at radius 2 is 2.18 bits per heavy atom. The Kier molecular flexibility index (Phi) is 3.41. The molecule has 2 aromatic rings. The quantitative estimate of drug-likeness (QED) is 0.867. The predicted octanol–water partition coefficient (Wildman–Crippen LogP) is 2.13. The van der Waals surface area contributed by atoms with Gasteiger partial charge in [-0.15, -0.1) is 5.10 Å². The molecule has 1 aromatic carbocycles. The van der Waals surface area contributed by atoms with Crippen molar-refractivity contribution in [1.82, 2.24) is 15.0 Å². The Balaban J connectivity index is 2.61. The van der Waals surface area contributed by atoms with Crippen LogP contribution in [0.2, 0.25) is 0 Å². The molecule has 1 aromatic heterocycles. The fraction of sp³-hybridized carbons (Fsp3) is 0.182. The van der Waals surface area contributed by atoms with Crippen LogP contribution in [-0.2, 0) is 6.42 Å². The molecule has 0 aliphatic carbocycles. The number of carboxylic acid groups (broad SMARTS) is 1. The molecular formula is C11H10IN3O2. The van der Waals surface area contributed by atoms with Gasteiger partial charge in [-0.25, -0.2) is 9.48 Å². The summed E-state index contributed by atoms with van der Waals surface area (Å²) in [6.45, 7) is 1.89. The average Bonchev–Trinajstić information content (AvgIpc) is 2.73. The first-order chi connectivity index (χ1) is 8.15. The number of nitrogens with zero attached hydrogens (tertiary/aromatic N) is 3. The number of aromatic nitrogens is 3. The lowest BCUT2D eigenvalue weighted by Crippen LogP contribution is -2.06. The SMILES string of the molecule is CCc1c(C(=O)O)nnn1-c1ccccc1I. The van der Waals surface area contributed by atoms with Gasteiger partial charge < -0.3 is 5.11 Å². The first-order valence-corrected chi connectivity index (χ1v) is 6.15. The number of aromatic carboxylic acids is 1. The molecule has 0 aliphatic rings. The summed E-state index contributed by atoms with van der Waals surface area (Å²) in [4.78, 5) is 11.0. The van der Waals surface area contributed by atoms with Crippen molar-refractivity contribution < 1.29 is 9.90 Å². The second-order valence-corrected chi connectivity index (χ2v) is 4.57. The van der Waals surface area contributed by atoms with E-state index in [1.807, 2.05) is 31.2 Å². The fourth-order valence-corrected chi connectivity index (χ4v) is 2.22. The van der Waals surface area contributed by atoms with Crippen LogP contribution in [0, 0.1) is 3.57 Å². The monoisotopic (exact) mass is 343 g/mol. The van der Waals surface area contributed by atoms with Crippen LogP contribution in [0.1, 0.15) is 23.1 Å². The minimum absolute atomic E-state index is 0.0205. The largest absolute Gasteiger partial charge is 0.476 e. The Bertz CT molecular complexity index is 566. The van der Waals surface area contributed by atoms with Crippen molar-refractivity contribution in [1.29, 1.82) is 0 Å². The van der Waals surface area contributed by atoms with Crippen LogP contribution < -0.4 is 0 Å². The maximum absolute atomic E-state index is 11.0. The van der Waals surface area contributed by atoms with Crippen LogP contribution in [0.4, 0.5) is 0 Å². The van der Waals surface area contributed by atoms with Crippen LogP contribution in [0.5, 0.6) is 0 Å². The van der Waals surface area contributed by atoms with Crippen molar-refractivity contribution >= 4 is 28.6 Å². The van der Waals surface area contributed by atoms with Crippen molar-refractivity contribution in [2.75, 3.05) is 0 Å². The second-order valence-electron chi connectivity index (χ2n) is 3.41. The van der Waals surface area contributed by atoms with Crippen molar-refractivity contribution in [3.8, 4) is 5.69 Å². The van der Waals surface area contributed by atoms with Gasteiger partial charge in [0.25, 0.3) is 0 Å². The zero-order chi connectivity index (χ0) is 12.4. The molecule has 2 rings (SSSR count). The van der Waals surface area contributed by atoms with Crippen LogP contribution >= 0.6 is 22.6 Å². The number of halogens is 1. The lowest BCUT2D eigenvalue weighted by Gasteiger charge is -2.06. The summed E-state index contributed by atoms with van der Waals surface area (Å²) in [5.74, 6) is -1.04. The topological polar surface area (TPSA) is 68.0 Å². The summed E-state index contributed by atoms with van der Waals surface area (Å²) in [5, 5.41) is 16.6. The zero-order valence-electron chi connectivity index (χ0n) is 9.09. The smallest absolute Gasteiger partial charge is 0.358 e. The van der Waals surface area contributed by atoms with E-state index in [1.54, 1.807) is 4.68 Å². The molecule has 0 bridgehead atoms. The maximum atomic E-state index is 11.0. The van der Waals surface area contributed by atoms with Gasteiger partial charge in [-0.3, -0.25) is 0 Å². The van der Waals surface area contributed by atoms with Crippen LogP contribution in [-0.4, -0.2) is 26.1 Å². The highest BCUT2D eigenvalue weighted by Gasteiger charge is 2.18. The molecule has 1 heterocycles. The molecule has 0 fully saturated rings. The van der Waals surface area contributed by atoms with E-state index < -0.39 is 5.97 Å². The lowest BCUT2D eigenvalue weighted by molar-refractivity contribution is 0.0689. The standard InChI is InChI=1S/C11H10IN3O2/c1-2-8-10(11(16)17)13-14-15(8)9-6-4-3-5-7(9)12/h3-6H,2H2,1H3,(H,16,17). The van der Waals surface area contributed by atoms with Gasteiger partial charge in [0.05, 0.1) is 11.4 Å². The van der Waals surface area contributed by atoms with E-state index in [4.69, 9.17) is 5.11 Å². The summed E-state index contributed by atoms with van der Waals surface area (Å²) in [6, 6.07) is 7.64. The molecular weight excluding hydrogens is 333 g/mol. The Labute approximate surface area is 112 Å². The molecule has 6 heteroatoms. The van der Waals surface area contributed by atoms with Gasteiger partial charge in [-0.1, -0.05) is 24.3 Å². The first kappa shape index (κ1) is 12.0. The molecule has 0 saturated heterocycles. The summed E-state index contributed by atoms with van der Waals surface area (Å²) < 4.78 is 2.59. The molecule has 0 unspecified atom stereocenters. The maximum Gasteiger partial charge on any atom is 0.358 e. The second kappa shape index (κ2) is 4.82. The molecule has 0 atom stereocenters. The molecule has 1 N–H and O–H groups in total. The first-order valence-electron chi connectivity index (χ1n) is 5.08. The number of rotatable bonds is 3. The number of carbonyl (C=O) groups is 1. The molecule has 88 valence electrons. The van der Waals surface area contributed by atoms with E-state index in [2.05, 4.69) is 32.9 Å². The Morgan fingerprint density at radius 1 is 1.47 bits per heavy atom. The molecule has 0 radical (unpaired) electrons. The summed E-state index contributed by atoms with van der Waals surface area (Å²) in [6.07, 6.45) is 0.569. The number of carboxylic acids is 1. The normalized spacial score (nSPS) is 10.5. The summed E-state index contributed by atoms with van der Waals surface area (Å²) in [5.41, 5.74) is 1.48. The van der Waals surface area contributed by atoms with Crippen molar-refractivity contribution in [3.63, 3.8) is 0 Å². The van der Waals surface area contributed by atoms with Gasteiger partial charge in [-0.05, 0) is 41.1 Å². The third-order valence-electron chi connectivity index (χ3n) is 2.38. The molecule has 17 heavy (non-hydrogen) atoms. The van der Waals surface area contributed by atoms with Gasteiger partial charge in [-0.2, -0.15) is 0 Å². The minimum atomic E-state index is -1.04. The van der Waals surface area contributed by atoms with E-state index >= 15 is 0 Å². The van der Waals surface area contributed by atoms with E-state index in [1.165, 1.54) is 0 Å². The third-order valence-corrected chi connectivity index (χ3v) is 3.29.